The summed E-state index contributed by atoms with van der Waals surface area (Å²) in [5, 5.41) is 0. The lowest BCUT2D eigenvalue weighted by Gasteiger charge is -2.24. The van der Waals surface area contributed by atoms with Crippen molar-refractivity contribution in [2.24, 2.45) is 5.73 Å². The molecule has 2 aliphatic carbocycles. The van der Waals surface area contributed by atoms with Crippen LogP contribution in [-0.4, -0.2) is 16.5 Å². The zero-order valence-electron chi connectivity index (χ0n) is 9.65. The van der Waals surface area contributed by atoms with E-state index in [-0.39, 0.29) is 0 Å². The van der Waals surface area contributed by atoms with Crippen LogP contribution in [0.25, 0.3) is 0 Å². The van der Waals surface area contributed by atoms with E-state index in [0.717, 1.165) is 25.2 Å². The Morgan fingerprint density at radius 1 is 1.31 bits per heavy atom. The Balaban J connectivity index is 1.89. The summed E-state index contributed by atoms with van der Waals surface area (Å²) in [6.07, 6.45) is 9.39. The van der Waals surface area contributed by atoms with Gasteiger partial charge in [0, 0.05) is 17.8 Å². The van der Waals surface area contributed by atoms with E-state index in [1.54, 1.807) is 0 Å². The summed E-state index contributed by atoms with van der Waals surface area (Å²) in [5.74, 6) is 2.37. The summed E-state index contributed by atoms with van der Waals surface area (Å²) in [5.41, 5.74) is 8.35. The van der Waals surface area contributed by atoms with Gasteiger partial charge in [0.25, 0.3) is 0 Å². The van der Waals surface area contributed by atoms with Crippen molar-refractivity contribution in [2.75, 3.05) is 6.54 Å². The van der Waals surface area contributed by atoms with E-state index in [4.69, 9.17) is 10.7 Å². The molecule has 1 unspecified atom stereocenters. The molecule has 2 N–H and O–H groups in total. The maximum Gasteiger partial charge on any atom is 0.131 e. The second-order valence-corrected chi connectivity index (χ2v) is 5.07. The topological polar surface area (TPSA) is 51.8 Å². The van der Waals surface area contributed by atoms with E-state index in [1.807, 2.05) is 0 Å². The number of rotatable bonds is 3. The number of aryl methyl sites for hydroxylation is 1. The Bertz CT molecular complexity index is 385. The summed E-state index contributed by atoms with van der Waals surface area (Å²) in [6, 6.07) is 0. The van der Waals surface area contributed by atoms with Gasteiger partial charge in [-0.1, -0.05) is 0 Å². The molecule has 1 heterocycles. The van der Waals surface area contributed by atoms with Gasteiger partial charge in [0.05, 0.1) is 0 Å². The molecule has 0 aromatic carbocycles. The first-order valence-corrected chi connectivity index (χ1v) is 6.44. The fraction of sp³-hybridized carbons (Fsp3) is 0.692. The highest BCUT2D eigenvalue weighted by Gasteiger charge is 2.28. The molecule has 16 heavy (non-hydrogen) atoms. The molecule has 1 fully saturated rings. The van der Waals surface area contributed by atoms with Crippen LogP contribution in [0, 0.1) is 0 Å². The van der Waals surface area contributed by atoms with Gasteiger partial charge in [0.1, 0.15) is 5.82 Å². The fourth-order valence-corrected chi connectivity index (χ4v) is 2.69. The van der Waals surface area contributed by atoms with E-state index in [9.17, 15) is 0 Å². The molecule has 86 valence electrons. The normalized spacial score (nSPS) is 24.2. The number of aromatic nitrogens is 2. The molecule has 0 aliphatic heterocycles. The maximum absolute atomic E-state index is 5.66. The molecule has 1 saturated carbocycles. The molecule has 1 aromatic rings. The third-order valence-electron chi connectivity index (χ3n) is 3.78. The van der Waals surface area contributed by atoms with Gasteiger partial charge in [-0.15, -0.1) is 0 Å². The summed E-state index contributed by atoms with van der Waals surface area (Å²) in [7, 11) is 0. The highest BCUT2D eigenvalue weighted by molar-refractivity contribution is 5.26. The number of hydrogen-bond donors (Lipinski definition) is 1. The van der Waals surface area contributed by atoms with E-state index in [1.165, 1.54) is 36.9 Å². The molecule has 3 rings (SSSR count). The summed E-state index contributed by atoms with van der Waals surface area (Å²) < 4.78 is 0. The minimum atomic E-state index is 0.613. The smallest absolute Gasteiger partial charge is 0.131 e. The lowest BCUT2D eigenvalue weighted by atomic mass is 9.84. The molecule has 0 spiro atoms. The molecule has 0 amide bonds. The van der Waals surface area contributed by atoms with E-state index < -0.39 is 0 Å². The number of nitrogens with zero attached hydrogens (tertiary/aromatic N) is 2. The second kappa shape index (κ2) is 4.13. The Morgan fingerprint density at radius 2 is 2.19 bits per heavy atom. The van der Waals surface area contributed by atoms with Crippen LogP contribution in [0.3, 0.4) is 0 Å². The standard InChI is InChI=1S/C13H19N3/c14-7-6-9-2-1-3-12-11(9)8-15-13(16-12)10-4-5-10/h8-10H,1-7,14H2. The first kappa shape index (κ1) is 10.2. The largest absolute Gasteiger partial charge is 0.330 e. The predicted octanol–water partition coefficient (Wildman–Crippen LogP) is 2.12. The van der Waals surface area contributed by atoms with Crippen molar-refractivity contribution >= 4 is 0 Å². The SMILES string of the molecule is NCCC1CCCc2nc(C3CC3)ncc21. The zero-order chi connectivity index (χ0) is 11.0. The van der Waals surface area contributed by atoms with E-state index >= 15 is 0 Å². The van der Waals surface area contributed by atoms with Gasteiger partial charge >= 0.3 is 0 Å². The molecule has 3 heteroatoms. The van der Waals surface area contributed by atoms with Crippen LogP contribution in [0.1, 0.15) is 61.0 Å². The molecular weight excluding hydrogens is 198 g/mol. The average Bonchev–Trinajstić information content (AvgIpc) is 3.13. The van der Waals surface area contributed by atoms with Crippen molar-refractivity contribution in [1.82, 2.24) is 9.97 Å². The van der Waals surface area contributed by atoms with Crippen LogP contribution in [-0.2, 0) is 6.42 Å². The number of fused-ring (bicyclic) bond motifs is 1. The van der Waals surface area contributed by atoms with E-state index in [0.29, 0.717) is 11.8 Å². The first-order valence-electron chi connectivity index (χ1n) is 6.44. The summed E-state index contributed by atoms with van der Waals surface area (Å²) in [4.78, 5) is 9.29. The highest BCUT2D eigenvalue weighted by Crippen LogP contribution is 2.39. The molecule has 2 aliphatic rings. The minimum absolute atomic E-state index is 0.613. The van der Waals surface area contributed by atoms with Crippen LogP contribution in [0.15, 0.2) is 6.20 Å². The number of hydrogen-bond acceptors (Lipinski definition) is 3. The number of nitrogens with two attached hydrogens (primary N) is 1. The predicted molar refractivity (Wildman–Crippen MR) is 63.4 cm³/mol. The van der Waals surface area contributed by atoms with Crippen LogP contribution in [0.4, 0.5) is 0 Å². The molecule has 0 radical (unpaired) electrons. The van der Waals surface area contributed by atoms with Gasteiger partial charge in [-0.3, -0.25) is 0 Å². The minimum Gasteiger partial charge on any atom is -0.330 e. The molecule has 1 aromatic heterocycles. The van der Waals surface area contributed by atoms with Crippen molar-refractivity contribution < 1.29 is 0 Å². The summed E-state index contributed by atoms with van der Waals surface area (Å²) >= 11 is 0. The van der Waals surface area contributed by atoms with Gasteiger partial charge in [0.15, 0.2) is 0 Å². The lowest BCUT2D eigenvalue weighted by molar-refractivity contribution is 0.513. The molecule has 0 saturated heterocycles. The Morgan fingerprint density at radius 3 is 2.94 bits per heavy atom. The first-order chi connectivity index (χ1) is 7.88. The van der Waals surface area contributed by atoms with Crippen molar-refractivity contribution in [3.8, 4) is 0 Å². The van der Waals surface area contributed by atoms with Crippen molar-refractivity contribution in [3.63, 3.8) is 0 Å². The Hall–Kier alpha value is -0.960. The van der Waals surface area contributed by atoms with Crippen molar-refractivity contribution in [2.45, 2.75) is 50.4 Å². The zero-order valence-corrected chi connectivity index (χ0v) is 9.65. The van der Waals surface area contributed by atoms with Gasteiger partial charge in [0.2, 0.25) is 0 Å². The van der Waals surface area contributed by atoms with Gasteiger partial charge in [-0.25, -0.2) is 9.97 Å². The Kier molecular flexibility index (Phi) is 2.64. The highest BCUT2D eigenvalue weighted by atomic mass is 14.9. The molecule has 0 bridgehead atoms. The fourth-order valence-electron chi connectivity index (χ4n) is 2.69. The lowest BCUT2D eigenvalue weighted by Crippen LogP contribution is -2.16. The molecule has 1 atom stereocenters. The molecule has 3 nitrogen and oxygen atoms in total. The second-order valence-electron chi connectivity index (χ2n) is 5.07. The van der Waals surface area contributed by atoms with Crippen molar-refractivity contribution in [1.29, 1.82) is 0 Å². The quantitative estimate of drug-likeness (QED) is 0.843. The average molecular weight is 217 g/mol. The third-order valence-corrected chi connectivity index (χ3v) is 3.78. The monoisotopic (exact) mass is 217 g/mol. The maximum atomic E-state index is 5.66. The Labute approximate surface area is 96.5 Å². The van der Waals surface area contributed by atoms with Crippen LogP contribution < -0.4 is 5.73 Å². The van der Waals surface area contributed by atoms with Crippen LogP contribution in [0.5, 0.6) is 0 Å². The van der Waals surface area contributed by atoms with Gasteiger partial charge < -0.3 is 5.73 Å². The van der Waals surface area contributed by atoms with Gasteiger partial charge in [-0.2, -0.15) is 0 Å². The van der Waals surface area contributed by atoms with E-state index in [2.05, 4.69) is 11.2 Å². The third kappa shape index (κ3) is 1.84. The van der Waals surface area contributed by atoms with Crippen molar-refractivity contribution in [3.05, 3.63) is 23.3 Å². The van der Waals surface area contributed by atoms with Crippen LogP contribution >= 0.6 is 0 Å². The molecular formula is C13H19N3. The van der Waals surface area contributed by atoms with Gasteiger partial charge in [-0.05, 0) is 56.6 Å². The summed E-state index contributed by atoms with van der Waals surface area (Å²) in [6.45, 7) is 0.772. The van der Waals surface area contributed by atoms with Crippen LogP contribution in [0.2, 0.25) is 0 Å².